The first-order valence-corrected chi connectivity index (χ1v) is 5.13. The third-order valence-electron chi connectivity index (χ3n) is 2.39. The molecule has 84 valence electrons. The topological polar surface area (TPSA) is 73.1 Å². The number of hydrogen-bond donors (Lipinski definition) is 2. The summed E-state index contributed by atoms with van der Waals surface area (Å²) in [5.74, 6) is -0.681. The summed E-state index contributed by atoms with van der Waals surface area (Å²) < 4.78 is 0. The number of nitriles is 1. The Morgan fingerprint density at radius 1 is 1.56 bits per heavy atom. The maximum atomic E-state index is 11.7. The van der Waals surface area contributed by atoms with Crippen molar-refractivity contribution in [2.24, 2.45) is 5.92 Å². The number of carbonyl (C=O) groups excluding carboxylic acids is 1. The number of carbonyl (C=O) groups is 1. The fourth-order valence-corrected chi connectivity index (χ4v) is 1.32. The second-order valence-corrected chi connectivity index (χ2v) is 3.43. The molecule has 2 N–H and O–H groups in total. The van der Waals surface area contributed by atoms with Crippen molar-refractivity contribution in [3.8, 4) is 6.07 Å². The van der Waals surface area contributed by atoms with E-state index in [9.17, 15) is 4.79 Å². The fourth-order valence-electron chi connectivity index (χ4n) is 1.32. The van der Waals surface area contributed by atoms with Crippen LogP contribution in [0.3, 0.4) is 0 Å². The van der Waals surface area contributed by atoms with Crippen LogP contribution in [0.15, 0.2) is 24.3 Å². The van der Waals surface area contributed by atoms with Gasteiger partial charge in [-0.3, -0.25) is 4.79 Å². The number of anilines is 1. The van der Waals surface area contributed by atoms with Crippen LogP contribution in [0.1, 0.15) is 18.9 Å². The molecule has 0 saturated heterocycles. The summed E-state index contributed by atoms with van der Waals surface area (Å²) in [7, 11) is 0. The van der Waals surface area contributed by atoms with E-state index in [4.69, 9.17) is 10.4 Å². The SMILES string of the molecule is CCC(CO)C(=O)Nc1ccccc1C#N. The summed E-state index contributed by atoms with van der Waals surface area (Å²) in [6.07, 6.45) is 0.567. The molecule has 1 aromatic carbocycles. The van der Waals surface area contributed by atoms with E-state index in [0.717, 1.165) is 0 Å². The zero-order chi connectivity index (χ0) is 12.0. The maximum absolute atomic E-state index is 11.7. The summed E-state index contributed by atoms with van der Waals surface area (Å²) in [6, 6.07) is 8.78. The summed E-state index contributed by atoms with van der Waals surface area (Å²) >= 11 is 0. The summed E-state index contributed by atoms with van der Waals surface area (Å²) in [4.78, 5) is 11.7. The van der Waals surface area contributed by atoms with Gasteiger partial charge in [0.05, 0.1) is 23.8 Å². The highest BCUT2D eigenvalue weighted by molar-refractivity contribution is 5.93. The lowest BCUT2D eigenvalue weighted by molar-refractivity contribution is -0.121. The molecule has 16 heavy (non-hydrogen) atoms. The highest BCUT2D eigenvalue weighted by atomic mass is 16.3. The Balaban J connectivity index is 2.81. The molecule has 1 amide bonds. The second-order valence-electron chi connectivity index (χ2n) is 3.43. The molecule has 0 radical (unpaired) electrons. The number of amides is 1. The molecule has 0 aromatic heterocycles. The number of nitrogens with zero attached hydrogens (tertiary/aromatic N) is 1. The van der Waals surface area contributed by atoms with Crippen molar-refractivity contribution in [3.63, 3.8) is 0 Å². The molecular formula is C12H14N2O2. The zero-order valence-corrected chi connectivity index (χ0v) is 9.10. The molecule has 4 heteroatoms. The van der Waals surface area contributed by atoms with Crippen LogP contribution in [0.4, 0.5) is 5.69 Å². The average Bonchev–Trinajstić information content (AvgIpc) is 2.31. The maximum Gasteiger partial charge on any atom is 0.229 e. The molecule has 1 atom stereocenters. The number of hydrogen-bond acceptors (Lipinski definition) is 3. The van der Waals surface area contributed by atoms with Crippen molar-refractivity contribution in [2.75, 3.05) is 11.9 Å². The van der Waals surface area contributed by atoms with Crippen LogP contribution < -0.4 is 5.32 Å². The van der Waals surface area contributed by atoms with E-state index in [1.807, 2.05) is 13.0 Å². The molecule has 0 saturated carbocycles. The Kier molecular flexibility index (Phi) is 4.49. The Morgan fingerprint density at radius 3 is 2.81 bits per heavy atom. The molecule has 0 spiro atoms. The zero-order valence-electron chi connectivity index (χ0n) is 9.10. The Bertz CT molecular complexity index is 406. The molecule has 0 bridgehead atoms. The third kappa shape index (κ3) is 2.81. The molecule has 0 heterocycles. The van der Waals surface area contributed by atoms with E-state index in [-0.39, 0.29) is 12.5 Å². The van der Waals surface area contributed by atoms with E-state index in [0.29, 0.717) is 17.7 Å². The van der Waals surface area contributed by atoms with Crippen LogP contribution in [-0.4, -0.2) is 17.6 Å². The molecule has 0 aliphatic heterocycles. The standard InChI is InChI=1S/C12H14N2O2/c1-2-9(8-15)12(16)14-11-6-4-3-5-10(11)7-13/h3-6,9,15H,2,8H2,1H3,(H,14,16). The number of benzene rings is 1. The van der Waals surface area contributed by atoms with Crippen LogP contribution in [0, 0.1) is 17.2 Å². The minimum Gasteiger partial charge on any atom is -0.396 e. The molecule has 4 nitrogen and oxygen atoms in total. The van der Waals surface area contributed by atoms with E-state index in [1.165, 1.54) is 0 Å². The average molecular weight is 218 g/mol. The summed E-state index contributed by atoms with van der Waals surface area (Å²) in [6.45, 7) is 1.65. The number of para-hydroxylation sites is 1. The minimum atomic E-state index is -0.424. The molecule has 0 aliphatic rings. The van der Waals surface area contributed by atoms with Crippen molar-refractivity contribution < 1.29 is 9.90 Å². The van der Waals surface area contributed by atoms with Crippen LogP contribution in [0.25, 0.3) is 0 Å². The van der Waals surface area contributed by atoms with Gasteiger partial charge in [-0.05, 0) is 18.6 Å². The van der Waals surface area contributed by atoms with Gasteiger partial charge in [-0.15, -0.1) is 0 Å². The molecular weight excluding hydrogens is 204 g/mol. The Labute approximate surface area is 94.5 Å². The van der Waals surface area contributed by atoms with Crippen molar-refractivity contribution in [1.29, 1.82) is 5.26 Å². The van der Waals surface area contributed by atoms with Crippen LogP contribution in [0.2, 0.25) is 0 Å². The van der Waals surface area contributed by atoms with Crippen molar-refractivity contribution in [3.05, 3.63) is 29.8 Å². The van der Waals surface area contributed by atoms with Crippen LogP contribution in [-0.2, 0) is 4.79 Å². The number of nitrogens with one attached hydrogen (secondary N) is 1. The van der Waals surface area contributed by atoms with E-state index in [2.05, 4.69) is 5.32 Å². The number of aliphatic hydroxyl groups is 1. The minimum absolute atomic E-state index is 0.183. The normalized spacial score (nSPS) is 11.6. The van der Waals surface area contributed by atoms with Crippen LogP contribution >= 0.6 is 0 Å². The predicted molar refractivity (Wildman–Crippen MR) is 60.7 cm³/mol. The van der Waals surface area contributed by atoms with Gasteiger partial charge < -0.3 is 10.4 Å². The van der Waals surface area contributed by atoms with E-state index >= 15 is 0 Å². The van der Waals surface area contributed by atoms with Gasteiger partial charge in [0, 0.05) is 0 Å². The lowest BCUT2D eigenvalue weighted by Crippen LogP contribution is -2.25. The highest BCUT2D eigenvalue weighted by Crippen LogP contribution is 2.15. The smallest absolute Gasteiger partial charge is 0.229 e. The lowest BCUT2D eigenvalue weighted by Gasteiger charge is -2.12. The first-order valence-electron chi connectivity index (χ1n) is 5.13. The third-order valence-corrected chi connectivity index (χ3v) is 2.39. The van der Waals surface area contributed by atoms with Crippen molar-refractivity contribution in [2.45, 2.75) is 13.3 Å². The second kappa shape index (κ2) is 5.89. The molecule has 0 aliphatic carbocycles. The largest absolute Gasteiger partial charge is 0.396 e. The van der Waals surface area contributed by atoms with Crippen molar-refractivity contribution in [1.82, 2.24) is 0 Å². The molecule has 1 rings (SSSR count). The number of aliphatic hydroxyl groups excluding tert-OH is 1. The predicted octanol–water partition coefficient (Wildman–Crippen LogP) is 1.52. The van der Waals surface area contributed by atoms with Gasteiger partial charge in [0.25, 0.3) is 0 Å². The number of rotatable bonds is 4. The Hall–Kier alpha value is -1.86. The quantitative estimate of drug-likeness (QED) is 0.804. The van der Waals surface area contributed by atoms with E-state index < -0.39 is 5.92 Å². The monoisotopic (exact) mass is 218 g/mol. The molecule has 1 unspecified atom stereocenters. The Morgan fingerprint density at radius 2 is 2.25 bits per heavy atom. The lowest BCUT2D eigenvalue weighted by atomic mass is 10.1. The highest BCUT2D eigenvalue weighted by Gasteiger charge is 2.16. The van der Waals surface area contributed by atoms with Crippen molar-refractivity contribution >= 4 is 11.6 Å². The van der Waals surface area contributed by atoms with E-state index in [1.54, 1.807) is 24.3 Å². The van der Waals surface area contributed by atoms with Gasteiger partial charge in [0.15, 0.2) is 0 Å². The molecule has 1 aromatic rings. The van der Waals surface area contributed by atoms with Gasteiger partial charge in [-0.25, -0.2) is 0 Å². The van der Waals surface area contributed by atoms with Gasteiger partial charge in [-0.2, -0.15) is 5.26 Å². The van der Waals surface area contributed by atoms with Gasteiger partial charge in [0.2, 0.25) is 5.91 Å². The fraction of sp³-hybridized carbons (Fsp3) is 0.333. The summed E-state index contributed by atoms with van der Waals surface area (Å²) in [5, 5.41) is 20.5. The van der Waals surface area contributed by atoms with Gasteiger partial charge in [-0.1, -0.05) is 19.1 Å². The summed E-state index contributed by atoms with van der Waals surface area (Å²) in [5.41, 5.74) is 0.908. The first-order chi connectivity index (χ1) is 7.72. The van der Waals surface area contributed by atoms with Gasteiger partial charge >= 0.3 is 0 Å². The first kappa shape index (κ1) is 12.2. The van der Waals surface area contributed by atoms with Gasteiger partial charge in [0.1, 0.15) is 6.07 Å². The molecule has 0 fully saturated rings. The van der Waals surface area contributed by atoms with Crippen LogP contribution in [0.5, 0.6) is 0 Å².